The third-order valence-electron chi connectivity index (χ3n) is 7.03. The zero-order valence-corrected chi connectivity index (χ0v) is 17.4. The van der Waals surface area contributed by atoms with Crippen LogP contribution in [0.15, 0.2) is 30.7 Å². The molecule has 4 bridgehead atoms. The van der Waals surface area contributed by atoms with Gasteiger partial charge in [0.15, 0.2) is 0 Å². The van der Waals surface area contributed by atoms with Gasteiger partial charge in [-0.05, 0) is 75.8 Å². The number of amides is 2. The van der Waals surface area contributed by atoms with Crippen LogP contribution >= 0.6 is 0 Å². The second-order valence-corrected chi connectivity index (χ2v) is 9.64. The summed E-state index contributed by atoms with van der Waals surface area (Å²) in [6, 6.07) is 3.75. The summed E-state index contributed by atoms with van der Waals surface area (Å²) in [6.45, 7) is 3.74. The van der Waals surface area contributed by atoms with Gasteiger partial charge in [-0.15, -0.1) is 0 Å². The summed E-state index contributed by atoms with van der Waals surface area (Å²) >= 11 is 0. The van der Waals surface area contributed by atoms with Crippen molar-refractivity contribution in [1.29, 1.82) is 0 Å². The van der Waals surface area contributed by atoms with E-state index in [1.807, 2.05) is 26.0 Å². The van der Waals surface area contributed by atoms with Crippen molar-refractivity contribution in [2.24, 2.45) is 11.8 Å². The van der Waals surface area contributed by atoms with E-state index < -0.39 is 0 Å². The molecule has 0 aliphatic heterocycles. The van der Waals surface area contributed by atoms with Crippen molar-refractivity contribution < 1.29 is 9.59 Å². The molecule has 4 aliphatic carbocycles. The molecule has 4 aliphatic rings. The molecule has 156 valence electrons. The molecular formula is C23H27N5O2. The van der Waals surface area contributed by atoms with Crippen LogP contribution in [0.3, 0.4) is 0 Å². The monoisotopic (exact) mass is 405 g/mol. The summed E-state index contributed by atoms with van der Waals surface area (Å²) in [5.74, 6) is 0.747. The lowest BCUT2D eigenvalue weighted by Gasteiger charge is -2.62. The summed E-state index contributed by atoms with van der Waals surface area (Å²) in [5, 5.41) is 6.66. The summed E-state index contributed by atoms with van der Waals surface area (Å²) in [4.78, 5) is 38.8. The van der Waals surface area contributed by atoms with Gasteiger partial charge in [-0.3, -0.25) is 19.6 Å². The predicted molar refractivity (Wildman–Crippen MR) is 111 cm³/mol. The van der Waals surface area contributed by atoms with Crippen LogP contribution < -0.4 is 10.6 Å². The van der Waals surface area contributed by atoms with Crippen LogP contribution in [0.1, 0.15) is 70.8 Å². The average Bonchev–Trinajstić information content (AvgIpc) is 2.66. The molecule has 7 heteroatoms. The van der Waals surface area contributed by atoms with Gasteiger partial charge in [0.1, 0.15) is 11.4 Å². The zero-order valence-electron chi connectivity index (χ0n) is 17.4. The Kier molecular flexibility index (Phi) is 4.38. The molecule has 2 amide bonds. The van der Waals surface area contributed by atoms with Crippen LogP contribution in [0.4, 0.5) is 0 Å². The molecule has 4 saturated carbocycles. The van der Waals surface area contributed by atoms with E-state index in [9.17, 15) is 9.59 Å². The molecule has 2 aromatic rings. The Bertz CT molecular complexity index is 1010. The maximum absolute atomic E-state index is 13.1. The highest BCUT2D eigenvalue weighted by atomic mass is 16.2. The molecule has 2 aromatic heterocycles. The molecule has 0 saturated heterocycles. The highest BCUT2D eigenvalue weighted by molar-refractivity contribution is 5.94. The first kappa shape index (κ1) is 19.2. The van der Waals surface area contributed by atoms with Gasteiger partial charge in [0.05, 0.1) is 11.9 Å². The van der Waals surface area contributed by atoms with E-state index in [1.54, 1.807) is 12.4 Å². The topological polar surface area (TPSA) is 96.9 Å². The van der Waals surface area contributed by atoms with Crippen molar-refractivity contribution in [3.63, 3.8) is 0 Å². The van der Waals surface area contributed by atoms with E-state index >= 15 is 0 Å². The summed E-state index contributed by atoms with van der Waals surface area (Å²) < 4.78 is 0. The molecule has 0 spiro atoms. The molecule has 0 aromatic carbocycles. The highest BCUT2D eigenvalue weighted by Crippen LogP contribution is 2.57. The van der Waals surface area contributed by atoms with Crippen LogP contribution in [0.2, 0.25) is 0 Å². The van der Waals surface area contributed by atoms with Gasteiger partial charge in [-0.25, -0.2) is 4.98 Å². The van der Waals surface area contributed by atoms with Crippen molar-refractivity contribution in [2.75, 3.05) is 0 Å². The van der Waals surface area contributed by atoms with Crippen LogP contribution in [-0.2, 0) is 0 Å². The lowest BCUT2D eigenvalue weighted by atomic mass is 9.49. The molecule has 0 radical (unpaired) electrons. The summed E-state index contributed by atoms with van der Waals surface area (Å²) in [5.41, 5.74) is 1.87. The molecule has 30 heavy (non-hydrogen) atoms. The first-order chi connectivity index (χ1) is 14.4. The van der Waals surface area contributed by atoms with Gasteiger partial charge in [-0.1, -0.05) is 6.07 Å². The first-order valence-corrected chi connectivity index (χ1v) is 10.7. The fourth-order valence-electron chi connectivity index (χ4n) is 6.46. The Morgan fingerprint density at radius 3 is 2.30 bits per heavy atom. The van der Waals surface area contributed by atoms with Crippen molar-refractivity contribution in [2.45, 2.75) is 63.5 Å². The molecule has 7 nitrogen and oxygen atoms in total. The van der Waals surface area contributed by atoms with E-state index in [-0.39, 0.29) is 22.9 Å². The Labute approximate surface area is 176 Å². The fraction of sp³-hybridized carbons (Fsp3) is 0.522. The number of nitrogens with one attached hydrogen (secondary N) is 2. The minimum absolute atomic E-state index is 0.110. The lowest BCUT2D eigenvalue weighted by Crippen LogP contribution is -2.70. The predicted octanol–water partition coefficient (Wildman–Crippen LogP) is 2.74. The largest absolute Gasteiger partial charge is 0.345 e. The van der Waals surface area contributed by atoms with Crippen molar-refractivity contribution in [3.05, 3.63) is 53.4 Å². The van der Waals surface area contributed by atoms with Gasteiger partial charge in [0.25, 0.3) is 11.8 Å². The van der Waals surface area contributed by atoms with Crippen molar-refractivity contribution in [3.8, 4) is 0 Å². The Hall–Kier alpha value is -2.83. The van der Waals surface area contributed by atoms with Gasteiger partial charge in [-0.2, -0.15) is 0 Å². The zero-order chi connectivity index (χ0) is 20.9. The number of hydrogen-bond acceptors (Lipinski definition) is 5. The Morgan fingerprint density at radius 2 is 1.67 bits per heavy atom. The molecule has 2 heterocycles. The van der Waals surface area contributed by atoms with Crippen LogP contribution in [0.25, 0.3) is 0 Å². The summed E-state index contributed by atoms with van der Waals surface area (Å²) in [7, 11) is 0. The number of aromatic nitrogens is 3. The van der Waals surface area contributed by atoms with Gasteiger partial charge >= 0.3 is 0 Å². The standard InChI is InChI=1S/C23H27N5O2/c1-14-4-3-5-25-19(14)21(30)28-23-9-16-6-17(10-23)8-22(7-16,13-23)27-20(29)18-12-24-11-15(2)26-18/h3-5,11-12,16-17H,6-10,13H2,1-2H3,(H,27,29)(H,28,30). The smallest absolute Gasteiger partial charge is 0.271 e. The molecule has 2 atom stereocenters. The van der Waals surface area contributed by atoms with Crippen LogP contribution in [0.5, 0.6) is 0 Å². The molecule has 2 unspecified atom stereocenters. The van der Waals surface area contributed by atoms with Crippen LogP contribution in [0, 0.1) is 25.7 Å². The number of nitrogens with zero attached hydrogens (tertiary/aromatic N) is 3. The SMILES string of the molecule is Cc1cncc(C(=O)NC23CC4CC(C2)CC(NC(=O)c2ncccc2C)(C4)C3)n1. The molecule has 6 rings (SSSR count). The number of carbonyl (C=O) groups is 2. The summed E-state index contributed by atoms with van der Waals surface area (Å²) in [6.07, 6.45) is 10.6. The number of pyridine rings is 1. The Balaban J connectivity index is 1.39. The quantitative estimate of drug-likeness (QED) is 0.815. The average molecular weight is 406 g/mol. The van der Waals surface area contributed by atoms with E-state index in [0.717, 1.165) is 43.4 Å². The molecule has 2 N–H and O–H groups in total. The van der Waals surface area contributed by atoms with E-state index in [2.05, 4.69) is 25.6 Å². The lowest BCUT2D eigenvalue weighted by molar-refractivity contribution is -0.0449. The van der Waals surface area contributed by atoms with Crippen molar-refractivity contribution >= 4 is 11.8 Å². The minimum Gasteiger partial charge on any atom is -0.345 e. The number of aryl methyl sites for hydroxylation is 2. The third-order valence-corrected chi connectivity index (χ3v) is 7.03. The number of hydrogen-bond donors (Lipinski definition) is 2. The van der Waals surface area contributed by atoms with E-state index in [1.165, 1.54) is 12.6 Å². The molecular weight excluding hydrogens is 378 g/mol. The molecule has 4 fully saturated rings. The second-order valence-electron chi connectivity index (χ2n) is 9.64. The fourth-order valence-corrected chi connectivity index (χ4v) is 6.46. The van der Waals surface area contributed by atoms with E-state index in [0.29, 0.717) is 23.2 Å². The van der Waals surface area contributed by atoms with Gasteiger partial charge < -0.3 is 10.6 Å². The van der Waals surface area contributed by atoms with Gasteiger partial charge in [0, 0.05) is 23.5 Å². The van der Waals surface area contributed by atoms with Crippen molar-refractivity contribution in [1.82, 2.24) is 25.6 Å². The van der Waals surface area contributed by atoms with Gasteiger partial charge in [0.2, 0.25) is 0 Å². The maximum Gasteiger partial charge on any atom is 0.271 e. The number of carbonyl (C=O) groups excluding carboxylic acids is 2. The van der Waals surface area contributed by atoms with E-state index in [4.69, 9.17) is 0 Å². The second kappa shape index (κ2) is 6.86. The first-order valence-electron chi connectivity index (χ1n) is 10.7. The number of rotatable bonds is 4. The van der Waals surface area contributed by atoms with Crippen LogP contribution in [-0.4, -0.2) is 37.8 Å². The third kappa shape index (κ3) is 3.36. The maximum atomic E-state index is 13.1. The minimum atomic E-state index is -0.293. The Morgan fingerprint density at radius 1 is 1.00 bits per heavy atom. The normalized spacial score (nSPS) is 31.4. The highest BCUT2D eigenvalue weighted by Gasteiger charge is 2.59.